The van der Waals surface area contributed by atoms with Gasteiger partial charge in [0.25, 0.3) is 0 Å². The van der Waals surface area contributed by atoms with Crippen molar-refractivity contribution in [2.24, 2.45) is 0 Å². The molecular weight excluding hydrogens is 178 g/mol. The molecule has 1 saturated carbocycles. The molecule has 1 fully saturated rings. The van der Waals surface area contributed by atoms with Gasteiger partial charge in [-0.1, -0.05) is 6.42 Å². The summed E-state index contributed by atoms with van der Waals surface area (Å²) in [6, 6.07) is 0.763. The molecule has 0 aromatic heterocycles. The Morgan fingerprint density at radius 2 is 1.86 bits per heavy atom. The van der Waals surface area contributed by atoms with E-state index in [-0.39, 0.29) is 6.29 Å². The monoisotopic (exact) mass is 201 g/mol. The minimum atomic E-state index is -0.0161. The van der Waals surface area contributed by atoms with Gasteiger partial charge in [-0.25, -0.2) is 0 Å². The van der Waals surface area contributed by atoms with E-state index in [1.165, 1.54) is 19.3 Å². The van der Waals surface area contributed by atoms with Gasteiger partial charge >= 0.3 is 0 Å². The summed E-state index contributed by atoms with van der Waals surface area (Å²) in [5, 5.41) is 3.51. The highest BCUT2D eigenvalue weighted by Crippen LogP contribution is 2.17. The lowest BCUT2D eigenvalue weighted by Gasteiger charge is -2.27. The molecule has 3 nitrogen and oxygen atoms in total. The molecule has 84 valence electrons. The van der Waals surface area contributed by atoms with E-state index < -0.39 is 0 Å². The van der Waals surface area contributed by atoms with Crippen molar-refractivity contribution < 1.29 is 9.47 Å². The van der Waals surface area contributed by atoms with Crippen LogP contribution in [0.5, 0.6) is 0 Å². The number of nitrogens with one attached hydrogen (secondary N) is 1. The molecule has 1 aliphatic carbocycles. The Kier molecular flexibility index (Phi) is 6.15. The fraction of sp³-hybridized carbons (Fsp3) is 1.00. The molecule has 0 amide bonds. The summed E-state index contributed by atoms with van der Waals surface area (Å²) in [6.45, 7) is 6.48. The molecule has 0 unspecified atom stereocenters. The molecule has 0 heterocycles. The largest absolute Gasteiger partial charge is 0.353 e. The smallest absolute Gasteiger partial charge is 0.158 e. The molecular formula is C11H23NO2. The third-order valence-electron chi connectivity index (χ3n) is 2.62. The van der Waals surface area contributed by atoms with Gasteiger partial charge in [-0.15, -0.1) is 0 Å². The van der Waals surface area contributed by atoms with E-state index in [0.29, 0.717) is 0 Å². The normalized spacial score (nSPS) is 17.4. The van der Waals surface area contributed by atoms with Gasteiger partial charge in [-0.2, -0.15) is 0 Å². The summed E-state index contributed by atoms with van der Waals surface area (Å²) in [5.41, 5.74) is 0. The van der Waals surface area contributed by atoms with Crippen molar-refractivity contribution in [1.29, 1.82) is 0 Å². The lowest BCUT2D eigenvalue weighted by molar-refractivity contribution is -0.139. The van der Waals surface area contributed by atoms with E-state index in [2.05, 4.69) is 5.32 Å². The summed E-state index contributed by atoms with van der Waals surface area (Å²) < 4.78 is 10.9. The number of rotatable bonds is 8. The highest BCUT2D eigenvalue weighted by atomic mass is 16.7. The van der Waals surface area contributed by atoms with Crippen molar-refractivity contribution in [3.8, 4) is 0 Å². The van der Waals surface area contributed by atoms with E-state index in [1.54, 1.807) is 0 Å². The van der Waals surface area contributed by atoms with Crippen LogP contribution in [0.1, 0.15) is 39.5 Å². The molecule has 1 aliphatic rings. The molecule has 1 N–H and O–H groups in total. The second-order valence-corrected chi connectivity index (χ2v) is 3.71. The van der Waals surface area contributed by atoms with Gasteiger partial charge in [0.2, 0.25) is 0 Å². The average molecular weight is 201 g/mol. The van der Waals surface area contributed by atoms with Crippen LogP contribution in [0.25, 0.3) is 0 Å². The first-order valence-electron chi connectivity index (χ1n) is 5.83. The van der Waals surface area contributed by atoms with Crippen molar-refractivity contribution in [2.75, 3.05) is 19.8 Å². The zero-order valence-corrected chi connectivity index (χ0v) is 9.42. The summed E-state index contributed by atoms with van der Waals surface area (Å²) >= 11 is 0. The SMILES string of the molecule is CCOC(CCNC1CCC1)OCC. The maximum absolute atomic E-state index is 5.45. The minimum Gasteiger partial charge on any atom is -0.353 e. The quantitative estimate of drug-likeness (QED) is 0.609. The van der Waals surface area contributed by atoms with Crippen molar-refractivity contribution in [1.82, 2.24) is 5.32 Å². The van der Waals surface area contributed by atoms with Crippen LogP contribution < -0.4 is 5.32 Å². The third-order valence-corrected chi connectivity index (χ3v) is 2.62. The summed E-state index contributed by atoms with van der Waals surface area (Å²) in [5.74, 6) is 0. The van der Waals surface area contributed by atoms with Crippen molar-refractivity contribution in [2.45, 2.75) is 51.9 Å². The van der Waals surface area contributed by atoms with Crippen molar-refractivity contribution in [3.05, 3.63) is 0 Å². The van der Waals surface area contributed by atoms with E-state index in [0.717, 1.165) is 32.2 Å². The van der Waals surface area contributed by atoms with Gasteiger partial charge in [0.15, 0.2) is 6.29 Å². The summed E-state index contributed by atoms with van der Waals surface area (Å²) in [7, 11) is 0. The number of hydrogen-bond acceptors (Lipinski definition) is 3. The molecule has 0 saturated heterocycles. The molecule has 0 spiro atoms. The molecule has 14 heavy (non-hydrogen) atoms. The predicted molar refractivity (Wildman–Crippen MR) is 57.3 cm³/mol. The van der Waals surface area contributed by atoms with Crippen LogP contribution in [0.15, 0.2) is 0 Å². The first-order chi connectivity index (χ1) is 6.86. The standard InChI is InChI=1S/C11H23NO2/c1-3-13-11(14-4-2)8-9-12-10-6-5-7-10/h10-12H,3-9H2,1-2H3. The zero-order chi connectivity index (χ0) is 10.2. The Morgan fingerprint density at radius 1 is 1.21 bits per heavy atom. The summed E-state index contributed by atoms with van der Waals surface area (Å²) in [4.78, 5) is 0. The first-order valence-corrected chi connectivity index (χ1v) is 5.83. The maximum atomic E-state index is 5.45. The van der Waals surface area contributed by atoms with Gasteiger partial charge in [-0.05, 0) is 26.7 Å². The van der Waals surface area contributed by atoms with Gasteiger partial charge in [0, 0.05) is 32.2 Å². The number of ether oxygens (including phenoxy) is 2. The van der Waals surface area contributed by atoms with Crippen LogP contribution >= 0.6 is 0 Å². The Labute approximate surface area is 87.2 Å². The van der Waals surface area contributed by atoms with Crippen LogP contribution in [0.4, 0.5) is 0 Å². The zero-order valence-electron chi connectivity index (χ0n) is 9.42. The fourth-order valence-electron chi connectivity index (χ4n) is 1.60. The van der Waals surface area contributed by atoms with Gasteiger partial charge in [0.05, 0.1) is 0 Å². The first kappa shape index (κ1) is 12.0. The lowest BCUT2D eigenvalue weighted by atomic mass is 9.93. The molecule has 3 heteroatoms. The molecule has 0 atom stereocenters. The van der Waals surface area contributed by atoms with E-state index >= 15 is 0 Å². The van der Waals surface area contributed by atoms with Crippen molar-refractivity contribution >= 4 is 0 Å². The molecule has 0 bridgehead atoms. The van der Waals surface area contributed by atoms with E-state index in [1.807, 2.05) is 13.8 Å². The van der Waals surface area contributed by atoms with Gasteiger partial charge in [-0.3, -0.25) is 0 Å². The van der Waals surface area contributed by atoms with Crippen LogP contribution in [0.3, 0.4) is 0 Å². The second kappa shape index (κ2) is 7.21. The maximum Gasteiger partial charge on any atom is 0.158 e. The van der Waals surface area contributed by atoms with Crippen LogP contribution in [0, 0.1) is 0 Å². The lowest BCUT2D eigenvalue weighted by Crippen LogP contribution is -2.37. The topological polar surface area (TPSA) is 30.5 Å². The van der Waals surface area contributed by atoms with Crippen LogP contribution in [0.2, 0.25) is 0 Å². The van der Waals surface area contributed by atoms with E-state index in [9.17, 15) is 0 Å². The fourth-order valence-corrected chi connectivity index (χ4v) is 1.60. The predicted octanol–water partition coefficient (Wildman–Crippen LogP) is 1.92. The second-order valence-electron chi connectivity index (χ2n) is 3.71. The van der Waals surface area contributed by atoms with E-state index in [4.69, 9.17) is 9.47 Å². The molecule has 0 aliphatic heterocycles. The molecule has 1 rings (SSSR count). The highest BCUT2D eigenvalue weighted by Gasteiger charge is 2.16. The van der Waals surface area contributed by atoms with Gasteiger partial charge in [0.1, 0.15) is 0 Å². The Hall–Kier alpha value is -0.120. The Balaban J connectivity index is 1.99. The Morgan fingerprint density at radius 3 is 2.29 bits per heavy atom. The highest BCUT2D eigenvalue weighted by molar-refractivity contribution is 4.76. The molecule has 0 radical (unpaired) electrons. The molecule has 0 aromatic carbocycles. The third kappa shape index (κ3) is 4.40. The van der Waals surface area contributed by atoms with Crippen molar-refractivity contribution in [3.63, 3.8) is 0 Å². The minimum absolute atomic E-state index is 0.0161. The average Bonchev–Trinajstić information content (AvgIpc) is 2.10. The number of hydrogen-bond donors (Lipinski definition) is 1. The van der Waals surface area contributed by atoms with Crippen LogP contribution in [-0.4, -0.2) is 32.1 Å². The van der Waals surface area contributed by atoms with Crippen LogP contribution in [-0.2, 0) is 9.47 Å². The Bertz CT molecular complexity index is 131. The molecule has 0 aromatic rings. The summed E-state index contributed by atoms with van der Waals surface area (Å²) in [6.07, 6.45) is 5.01. The van der Waals surface area contributed by atoms with Gasteiger partial charge < -0.3 is 14.8 Å².